The van der Waals surface area contributed by atoms with E-state index in [1.54, 1.807) is 24.5 Å². The average molecular weight is 333 g/mol. The molecule has 3 rings (SSSR count). The van der Waals surface area contributed by atoms with Crippen LogP contribution in [0.3, 0.4) is 0 Å². The Morgan fingerprint density at radius 3 is 2.56 bits per heavy atom. The fraction of sp³-hybridized carbons (Fsp3) is 0.0526. The molecule has 0 aliphatic heterocycles. The summed E-state index contributed by atoms with van der Waals surface area (Å²) in [6, 6.07) is 15.7. The van der Waals surface area contributed by atoms with Gasteiger partial charge in [-0.2, -0.15) is 0 Å². The van der Waals surface area contributed by atoms with Crippen molar-refractivity contribution in [2.75, 3.05) is 5.32 Å². The number of ketones is 1. The number of hydrogen-bond donors (Lipinski definition) is 1. The molecule has 0 bridgehead atoms. The van der Waals surface area contributed by atoms with Crippen LogP contribution in [-0.4, -0.2) is 15.7 Å². The number of nitro benzene ring substituents is 1. The molecule has 0 fully saturated rings. The zero-order chi connectivity index (χ0) is 17.8. The topological polar surface area (TPSA) is 85.1 Å². The van der Waals surface area contributed by atoms with E-state index in [1.807, 2.05) is 36.4 Å². The lowest BCUT2D eigenvalue weighted by molar-refractivity contribution is -0.383. The molecule has 2 aromatic carbocycles. The van der Waals surface area contributed by atoms with Gasteiger partial charge in [-0.3, -0.25) is 19.9 Å². The highest BCUT2D eigenvalue weighted by molar-refractivity contribution is 5.95. The zero-order valence-electron chi connectivity index (χ0n) is 13.5. The van der Waals surface area contributed by atoms with Crippen LogP contribution in [-0.2, 0) is 0 Å². The van der Waals surface area contributed by atoms with E-state index in [1.165, 1.54) is 13.0 Å². The van der Waals surface area contributed by atoms with Crippen LogP contribution < -0.4 is 5.32 Å². The first-order valence-corrected chi connectivity index (χ1v) is 7.61. The first-order valence-electron chi connectivity index (χ1n) is 7.61. The number of nitro groups is 1. The molecule has 124 valence electrons. The van der Waals surface area contributed by atoms with Crippen LogP contribution in [0.1, 0.15) is 17.3 Å². The van der Waals surface area contributed by atoms with Crippen LogP contribution in [0.2, 0.25) is 0 Å². The van der Waals surface area contributed by atoms with Crippen LogP contribution in [0.15, 0.2) is 67.0 Å². The highest BCUT2D eigenvalue weighted by Crippen LogP contribution is 2.30. The molecule has 25 heavy (non-hydrogen) atoms. The van der Waals surface area contributed by atoms with Crippen molar-refractivity contribution in [2.45, 2.75) is 6.92 Å². The van der Waals surface area contributed by atoms with E-state index >= 15 is 0 Å². The number of benzene rings is 2. The number of Topliss-reactive ketones (excluding diaryl/α,β-unsaturated/α-hetero) is 1. The van der Waals surface area contributed by atoms with E-state index < -0.39 is 4.92 Å². The molecule has 0 atom stereocenters. The summed E-state index contributed by atoms with van der Waals surface area (Å²) in [6.45, 7) is 1.38. The second-order valence-corrected chi connectivity index (χ2v) is 5.49. The standard InChI is InChI=1S/C19H15N3O3/c1-13(23)14-7-8-18(19(11-14)22(24)25)21-17-6-2-4-15(10-17)16-5-3-9-20-12-16/h2-12,21H,1H3. The minimum Gasteiger partial charge on any atom is -0.350 e. The predicted octanol–water partition coefficient (Wildman–Crippen LogP) is 4.60. The summed E-state index contributed by atoms with van der Waals surface area (Å²) in [5.74, 6) is -0.215. The molecule has 0 unspecified atom stereocenters. The normalized spacial score (nSPS) is 10.3. The Morgan fingerprint density at radius 2 is 1.88 bits per heavy atom. The van der Waals surface area contributed by atoms with Crippen LogP contribution >= 0.6 is 0 Å². The van der Waals surface area contributed by atoms with Gasteiger partial charge in [-0.1, -0.05) is 18.2 Å². The lowest BCUT2D eigenvalue weighted by atomic mass is 10.1. The smallest absolute Gasteiger partial charge is 0.293 e. The van der Waals surface area contributed by atoms with E-state index in [0.717, 1.165) is 11.1 Å². The number of nitrogens with zero attached hydrogens (tertiary/aromatic N) is 2. The number of hydrogen-bond acceptors (Lipinski definition) is 5. The molecule has 1 N–H and O–H groups in total. The molecular formula is C19H15N3O3. The molecule has 0 aliphatic rings. The van der Waals surface area contributed by atoms with Gasteiger partial charge < -0.3 is 5.32 Å². The van der Waals surface area contributed by atoms with E-state index in [9.17, 15) is 14.9 Å². The fourth-order valence-corrected chi connectivity index (χ4v) is 2.47. The first-order chi connectivity index (χ1) is 12.0. The van der Waals surface area contributed by atoms with Gasteiger partial charge in [0.1, 0.15) is 5.69 Å². The molecular weight excluding hydrogens is 318 g/mol. The minimum absolute atomic E-state index is 0.139. The number of anilines is 2. The van der Waals surface area contributed by atoms with Gasteiger partial charge in [0.2, 0.25) is 0 Å². The highest BCUT2D eigenvalue weighted by Gasteiger charge is 2.16. The zero-order valence-corrected chi connectivity index (χ0v) is 13.5. The molecule has 0 saturated carbocycles. The lowest BCUT2D eigenvalue weighted by Crippen LogP contribution is -2.00. The van der Waals surface area contributed by atoms with Crippen molar-refractivity contribution < 1.29 is 9.72 Å². The summed E-state index contributed by atoms with van der Waals surface area (Å²) in [5.41, 5.74) is 3.10. The summed E-state index contributed by atoms with van der Waals surface area (Å²) < 4.78 is 0. The van der Waals surface area contributed by atoms with Crippen molar-refractivity contribution in [2.24, 2.45) is 0 Å². The van der Waals surface area contributed by atoms with E-state index in [4.69, 9.17) is 0 Å². The third kappa shape index (κ3) is 3.69. The van der Waals surface area contributed by atoms with Gasteiger partial charge in [-0.15, -0.1) is 0 Å². The molecule has 6 nitrogen and oxygen atoms in total. The van der Waals surface area contributed by atoms with E-state index in [2.05, 4.69) is 10.3 Å². The molecule has 0 radical (unpaired) electrons. The number of pyridine rings is 1. The molecule has 0 amide bonds. The van der Waals surface area contributed by atoms with Crippen molar-refractivity contribution in [1.82, 2.24) is 4.98 Å². The SMILES string of the molecule is CC(=O)c1ccc(Nc2cccc(-c3cccnc3)c2)c([N+](=O)[O-])c1. The maximum absolute atomic E-state index is 11.4. The Hall–Kier alpha value is -3.54. The van der Waals surface area contributed by atoms with Crippen molar-refractivity contribution in [1.29, 1.82) is 0 Å². The largest absolute Gasteiger partial charge is 0.350 e. The lowest BCUT2D eigenvalue weighted by Gasteiger charge is -2.10. The maximum Gasteiger partial charge on any atom is 0.293 e. The maximum atomic E-state index is 11.4. The number of carbonyl (C=O) groups excluding carboxylic acids is 1. The quantitative estimate of drug-likeness (QED) is 0.419. The van der Waals surface area contributed by atoms with E-state index in [-0.39, 0.29) is 11.5 Å². The van der Waals surface area contributed by atoms with Crippen LogP contribution in [0.4, 0.5) is 17.1 Å². The van der Waals surface area contributed by atoms with Gasteiger partial charge in [-0.25, -0.2) is 0 Å². The minimum atomic E-state index is -0.500. The molecule has 1 aromatic heterocycles. The Balaban J connectivity index is 1.95. The van der Waals surface area contributed by atoms with Crippen molar-refractivity contribution in [3.05, 3.63) is 82.7 Å². The molecule has 1 heterocycles. The summed E-state index contributed by atoms with van der Waals surface area (Å²) in [6.07, 6.45) is 3.45. The van der Waals surface area contributed by atoms with Crippen molar-refractivity contribution in [3.8, 4) is 11.1 Å². The number of carbonyl (C=O) groups is 1. The van der Waals surface area contributed by atoms with Gasteiger partial charge in [0.05, 0.1) is 4.92 Å². The highest BCUT2D eigenvalue weighted by atomic mass is 16.6. The average Bonchev–Trinajstić information content (AvgIpc) is 2.62. The summed E-state index contributed by atoms with van der Waals surface area (Å²) in [5, 5.41) is 14.4. The second-order valence-electron chi connectivity index (χ2n) is 5.49. The first kappa shape index (κ1) is 16.3. The van der Waals surface area contributed by atoms with Gasteiger partial charge in [0.15, 0.2) is 5.78 Å². The second kappa shape index (κ2) is 6.92. The molecule has 6 heteroatoms. The summed E-state index contributed by atoms with van der Waals surface area (Å²) >= 11 is 0. The Kier molecular flexibility index (Phi) is 4.52. The van der Waals surface area contributed by atoms with Crippen LogP contribution in [0, 0.1) is 10.1 Å². The van der Waals surface area contributed by atoms with Crippen LogP contribution in [0.5, 0.6) is 0 Å². The van der Waals surface area contributed by atoms with Crippen molar-refractivity contribution in [3.63, 3.8) is 0 Å². The fourth-order valence-electron chi connectivity index (χ4n) is 2.47. The van der Waals surface area contributed by atoms with Gasteiger partial charge in [-0.05, 0) is 42.8 Å². The summed E-state index contributed by atoms with van der Waals surface area (Å²) in [4.78, 5) is 26.4. The Bertz CT molecular complexity index is 940. The number of aromatic nitrogens is 1. The Labute approximate surface area is 144 Å². The number of rotatable bonds is 5. The van der Waals surface area contributed by atoms with Gasteiger partial charge in [0.25, 0.3) is 5.69 Å². The molecule has 0 saturated heterocycles. The van der Waals surface area contributed by atoms with Gasteiger partial charge in [0, 0.05) is 35.3 Å². The van der Waals surface area contributed by atoms with Crippen molar-refractivity contribution >= 4 is 22.8 Å². The van der Waals surface area contributed by atoms with E-state index in [0.29, 0.717) is 16.9 Å². The van der Waals surface area contributed by atoms with Crippen LogP contribution in [0.25, 0.3) is 11.1 Å². The number of nitrogens with one attached hydrogen (secondary N) is 1. The third-order valence-electron chi connectivity index (χ3n) is 3.74. The molecule has 0 aliphatic carbocycles. The Morgan fingerprint density at radius 1 is 1.08 bits per heavy atom. The molecule has 3 aromatic rings. The molecule has 0 spiro atoms. The van der Waals surface area contributed by atoms with Gasteiger partial charge >= 0.3 is 0 Å². The monoisotopic (exact) mass is 333 g/mol. The third-order valence-corrected chi connectivity index (χ3v) is 3.74. The summed E-state index contributed by atoms with van der Waals surface area (Å²) in [7, 11) is 0. The predicted molar refractivity (Wildman–Crippen MR) is 96.1 cm³/mol.